The van der Waals surface area contributed by atoms with Crippen LogP contribution in [0, 0.1) is 5.92 Å². The van der Waals surface area contributed by atoms with Crippen molar-refractivity contribution in [1.29, 1.82) is 0 Å². The van der Waals surface area contributed by atoms with Crippen LogP contribution in [0.1, 0.15) is 31.2 Å². The molecule has 2 heterocycles. The van der Waals surface area contributed by atoms with Gasteiger partial charge in [-0.2, -0.15) is 0 Å². The maximum absolute atomic E-state index is 12.7. The van der Waals surface area contributed by atoms with E-state index >= 15 is 0 Å². The third kappa shape index (κ3) is 5.84. The molecule has 2 aliphatic heterocycles. The summed E-state index contributed by atoms with van der Waals surface area (Å²) < 4.78 is 5.39. The molecule has 0 unspecified atom stereocenters. The fraction of sp³-hybridized carbons (Fsp3) is 0.600. The summed E-state index contributed by atoms with van der Waals surface area (Å²) in [6, 6.07) is 9.97. The molecule has 1 aromatic rings. The first-order valence-corrected chi connectivity index (χ1v) is 9.58. The number of hydrogen-bond donors (Lipinski definition) is 1. The van der Waals surface area contributed by atoms with Crippen LogP contribution in [-0.4, -0.2) is 61.1 Å². The lowest BCUT2D eigenvalue weighted by molar-refractivity contribution is -0.138. The fourth-order valence-corrected chi connectivity index (χ4v) is 3.75. The Labute approximate surface area is 167 Å². The van der Waals surface area contributed by atoms with Crippen LogP contribution in [0.25, 0.3) is 0 Å². The molecule has 0 spiro atoms. The molecule has 3 rings (SSSR count). The second kappa shape index (κ2) is 10.5. The first kappa shape index (κ1) is 21.5. The van der Waals surface area contributed by atoms with Crippen molar-refractivity contribution in [3.8, 4) is 0 Å². The van der Waals surface area contributed by atoms with Crippen LogP contribution in [0.5, 0.6) is 0 Å². The molecule has 1 N–H and O–H groups in total. The van der Waals surface area contributed by atoms with Crippen molar-refractivity contribution in [2.75, 3.05) is 33.2 Å². The van der Waals surface area contributed by atoms with Gasteiger partial charge in [-0.3, -0.25) is 4.79 Å². The van der Waals surface area contributed by atoms with Crippen LogP contribution in [0.3, 0.4) is 0 Å². The van der Waals surface area contributed by atoms with Gasteiger partial charge in [0, 0.05) is 38.6 Å². The summed E-state index contributed by atoms with van der Waals surface area (Å²) in [7, 11) is 1.92. The average molecular weight is 396 g/mol. The fourth-order valence-electron chi connectivity index (χ4n) is 3.75. The third-order valence-corrected chi connectivity index (χ3v) is 5.47. The van der Waals surface area contributed by atoms with Crippen molar-refractivity contribution >= 4 is 24.4 Å². The smallest absolute Gasteiger partial charge is 0.410 e. The molecule has 0 radical (unpaired) electrons. The summed E-state index contributed by atoms with van der Waals surface area (Å²) in [5.74, 6) is 0.233. The summed E-state index contributed by atoms with van der Waals surface area (Å²) in [6.07, 6.45) is 3.33. The number of piperidine rings is 2. The maximum Gasteiger partial charge on any atom is 0.410 e. The number of amides is 2. The Hall–Kier alpha value is -1.79. The van der Waals surface area contributed by atoms with Gasteiger partial charge in [0.05, 0.1) is 0 Å². The molecule has 2 amide bonds. The van der Waals surface area contributed by atoms with Gasteiger partial charge in [0.1, 0.15) is 6.61 Å². The summed E-state index contributed by atoms with van der Waals surface area (Å²) in [6.45, 7) is 3.38. The zero-order valence-electron chi connectivity index (χ0n) is 15.9. The molecule has 1 atom stereocenters. The predicted octanol–water partition coefficient (Wildman–Crippen LogP) is 2.67. The highest BCUT2D eigenvalue weighted by atomic mass is 35.5. The topological polar surface area (TPSA) is 61.9 Å². The van der Waals surface area contributed by atoms with Gasteiger partial charge >= 0.3 is 6.09 Å². The van der Waals surface area contributed by atoms with E-state index in [4.69, 9.17) is 4.74 Å². The minimum Gasteiger partial charge on any atom is -0.445 e. The lowest BCUT2D eigenvalue weighted by atomic mass is 9.94. The number of carbonyl (C=O) groups excluding carboxylic acids is 2. The minimum absolute atomic E-state index is 0. The van der Waals surface area contributed by atoms with Crippen molar-refractivity contribution < 1.29 is 14.3 Å². The molecule has 1 aromatic carbocycles. The molecule has 0 bridgehead atoms. The van der Waals surface area contributed by atoms with Gasteiger partial charge in [-0.05, 0) is 37.8 Å². The number of halogens is 1. The predicted molar refractivity (Wildman–Crippen MR) is 107 cm³/mol. The van der Waals surface area contributed by atoms with Gasteiger partial charge in [-0.1, -0.05) is 30.3 Å². The second-order valence-electron chi connectivity index (χ2n) is 7.25. The molecule has 0 aliphatic carbocycles. The van der Waals surface area contributed by atoms with E-state index in [0.29, 0.717) is 32.0 Å². The Morgan fingerprint density at radius 3 is 2.52 bits per heavy atom. The number of carbonyl (C=O) groups is 2. The maximum atomic E-state index is 12.7. The van der Waals surface area contributed by atoms with Crippen molar-refractivity contribution in [3.63, 3.8) is 0 Å². The van der Waals surface area contributed by atoms with Gasteiger partial charge in [-0.15, -0.1) is 12.4 Å². The van der Waals surface area contributed by atoms with E-state index in [0.717, 1.165) is 31.5 Å². The zero-order chi connectivity index (χ0) is 18.4. The van der Waals surface area contributed by atoms with E-state index in [2.05, 4.69) is 5.32 Å². The van der Waals surface area contributed by atoms with Crippen molar-refractivity contribution in [2.24, 2.45) is 5.92 Å². The van der Waals surface area contributed by atoms with E-state index in [1.165, 1.54) is 0 Å². The van der Waals surface area contributed by atoms with Crippen LogP contribution in [-0.2, 0) is 16.1 Å². The largest absolute Gasteiger partial charge is 0.445 e. The number of likely N-dealkylation sites (tertiary alicyclic amines) is 1. The zero-order valence-corrected chi connectivity index (χ0v) is 16.7. The molecular weight excluding hydrogens is 366 g/mol. The van der Waals surface area contributed by atoms with E-state index in [1.54, 1.807) is 4.90 Å². The molecule has 2 aliphatic rings. The Morgan fingerprint density at radius 2 is 1.89 bits per heavy atom. The Bertz CT molecular complexity index is 600. The van der Waals surface area contributed by atoms with Crippen molar-refractivity contribution in [1.82, 2.24) is 15.1 Å². The van der Waals surface area contributed by atoms with E-state index in [-0.39, 0.29) is 36.9 Å². The van der Waals surface area contributed by atoms with Gasteiger partial charge < -0.3 is 19.9 Å². The van der Waals surface area contributed by atoms with Gasteiger partial charge in [-0.25, -0.2) is 4.79 Å². The highest BCUT2D eigenvalue weighted by Gasteiger charge is 2.32. The van der Waals surface area contributed by atoms with Crippen LogP contribution < -0.4 is 5.32 Å². The SMILES string of the molecule is CN(C(=O)C1CCN(C(=O)OCc2ccccc2)CC1)[C@H]1CCCNC1.Cl. The van der Waals surface area contributed by atoms with Crippen LogP contribution in [0.4, 0.5) is 4.79 Å². The lowest BCUT2D eigenvalue weighted by Crippen LogP contribution is -2.50. The Morgan fingerprint density at radius 1 is 1.19 bits per heavy atom. The number of benzene rings is 1. The van der Waals surface area contributed by atoms with E-state index in [1.807, 2.05) is 42.3 Å². The minimum atomic E-state index is -0.287. The van der Waals surface area contributed by atoms with E-state index in [9.17, 15) is 9.59 Å². The second-order valence-corrected chi connectivity index (χ2v) is 7.25. The molecule has 7 heteroatoms. The number of likely N-dealkylation sites (N-methyl/N-ethyl adjacent to an activating group) is 1. The van der Waals surface area contributed by atoms with Crippen LogP contribution in [0.2, 0.25) is 0 Å². The molecule has 2 fully saturated rings. The van der Waals surface area contributed by atoms with Crippen LogP contribution >= 0.6 is 12.4 Å². The quantitative estimate of drug-likeness (QED) is 0.851. The number of nitrogens with one attached hydrogen (secondary N) is 1. The molecular formula is C20H30ClN3O3. The molecule has 2 saturated heterocycles. The summed E-state index contributed by atoms with van der Waals surface area (Å²) >= 11 is 0. The molecule has 0 saturated carbocycles. The average Bonchev–Trinajstić information content (AvgIpc) is 2.72. The van der Waals surface area contributed by atoms with Crippen LogP contribution in [0.15, 0.2) is 30.3 Å². The first-order chi connectivity index (χ1) is 12.6. The van der Waals surface area contributed by atoms with Gasteiger partial charge in [0.15, 0.2) is 0 Å². The molecule has 27 heavy (non-hydrogen) atoms. The Balaban J connectivity index is 0.00000261. The number of nitrogens with zero attached hydrogens (tertiary/aromatic N) is 2. The highest BCUT2D eigenvalue weighted by Crippen LogP contribution is 2.22. The molecule has 0 aromatic heterocycles. The molecule has 150 valence electrons. The summed E-state index contributed by atoms with van der Waals surface area (Å²) in [5, 5.41) is 3.36. The lowest BCUT2D eigenvalue weighted by Gasteiger charge is -2.37. The number of hydrogen-bond acceptors (Lipinski definition) is 4. The standard InChI is InChI=1S/C20H29N3O3.ClH/c1-22(18-8-5-11-21-14-18)19(24)17-9-12-23(13-10-17)20(25)26-15-16-6-3-2-4-7-16;/h2-4,6-7,17-18,21H,5,8-15H2,1H3;1H/t18-;/m0./s1. The van der Waals surface area contributed by atoms with Crippen molar-refractivity contribution in [2.45, 2.75) is 38.3 Å². The number of ether oxygens (including phenoxy) is 1. The number of rotatable bonds is 4. The first-order valence-electron chi connectivity index (χ1n) is 9.58. The third-order valence-electron chi connectivity index (χ3n) is 5.47. The van der Waals surface area contributed by atoms with Gasteiger partial charge in [0.25, 0.3) is 0 Å². The van der Waals surface area contributed by atoms with Crippen molar-refractivity contribution in [3.05, 3.63) is 35.9 Å². The van der Waals surface area contributed by atoms with E-state index < -0.39 is 0 Å². The normalized spacial score (nSPS) is 20.5. The summed E-state index contributed by atoms with van der Waals surface area (Å²) in [5.41, 5.74) is 0.980. The monoisotopic (exact) mass is 395 g/mol. The Kier molecular flexibility index (Phi) is 8.38. The highest BCUT2D eigenvalue weighted by molar-refractivity contribution is 5.85. The van der Waals surface area contributed by atoms with Gasteiger partial charge in [0.2, 0.25) is 5.91 Å². The molecule has 6 nitrogen and oxygen atoms in total. The summed E-state index contributed by atoms with van der Waals surface area (Å²) in [4.78, 5) is 28.6.